The molecule has 0 aliphatic heterocycles. The highest BCUT2D eigenvalue weighted by molar-refractivity contribution is 6.08. The summed E-state index contributed by atoms with van der Waals surface area (Å²) in [4.78, 5) is 0. The third kappa shape index (κ3) is 5.85. The van der Waals surface area contributed by atoms with Crippen LogP contribution in [0.25, 0.3) is 0 Å². The summed E-state index contributed by atoms with van der Waals surface area (Å²) in [5.74, 6) is 0. The van der Waals surface area contributed by atoms with Gasteiger partial charge in [0.2, 0.25) is 0 Å². The lowest BCUT2D eigenvalue weighted by Gasteiger charge is -2.00. The summed E-state index contributed by atoms with van der Waals surface area (Å²) < 4.78 is 32.9. The first-order chi connectivity index (χ1) is 3.06. The molecule has 0 bridgehead atoms. The van der Waals surface area contributed by atoms with E-state index in [9.17, 15) is 13.2 Å². The van der Waals surface area contributed by atoms with Crippen LogP contribution in [0.4, 0.5) is 13.2 Å². The van der Waals surface area contributed by atoms with Crippen molar-refractivity contribution in [3.8, 4) is 0 Å². The highest BCUT2D eigenvalue weighted by atomic mass is 19.4. The van der Waals surface area contributed by atoms with Gasteiger partial charge in [-0.05, 0) is 0 Å². The molecule has 0 heterocycles. The van der Waals surface area contributed by atoms with E-state index in [0.717, 1.165) is 0 Å². The molecule has 0 fully saturated rings. The van der Waals surface area contributed by atoms with E-state index < -0.39 is 12.6 Å². The lowest BCUT2D eigenvalue weighted by molar-refractivity contribution is -0.130. The molecule has 0 rings (SSSR count). The Labute approximate surface area is 41.1 Å². The van der Waals surface area contributed by atoms with Crippen molar-refractivity contribution >= 4 is 7.85 Å². The standard InChI is InChI=1S/C3H4BF3/c4-2-1-3(5,6)7/h1-2H2. The Hall–Kier alpha value is -0.145. The summed E-state index contributed by atoms with van der Waals surface area (Å²) in [6, 6.07) is 0. The summed E-state index contributed by atoms with van der Waals surface area (Å²) >= 11 is 0. The first-order valence-electron chi connectivity index (χ1n) is 1.83. The maximum absolute atomic E-state index is 11.0. The summed E-state index contributed by atoms with van der Waals surface area (Å²) in [6.07, 6.45) is -5.27. The SMILES string of the molecule is [B]CCC(F)(F)F. The molecule has 0 aromatic heterocycles. The van der Waals surface area contributed by atoms with Crippen molar-refractivity contribution in [3.63, 3.8) is 0 Å². The van der Waals surface area contributed by atoms with Gasteiger partial charge >= 0.3 is 6.18 Å². The molecule has 0 amide bonds. The van der Waals surface area contributed by atoms with Gasteiger partial charge in [0, 0.05) is 6.42 Å². The average Bonchev–Trinajstić information content (AvgIpc) is 1.30. The van der Waals surface area contributed by atoms with Crippen LogP contribution in [0, 0.1) is 0 Å². The second-order valence-corrected chi connectivity index (χ2v) is 1.15. The first-order valence-corrected chi connectivity index (χ1v) is 1.83. The highest BCUT2D eigenvalue weighted by Gasteiger charge is 2.24. The molecular formula is C3H4BF3. The summed E-state index contributed by atoms with van der Waals surface area (Å²) in [5.41, 5.74) is 0. The minimum Gasteiger partial charge on any atom is -0.171 e. The van der Waals surface area contributed by atoms with Gasteiger partial charge in [-0.15, -0.1) is 0 Å². The summed E-state index contributed by atoms with van der Waals surface area (Å²) in [7, 11) is 4.59. The van der Waals surface area contributed by atoms with E-state index in [1.165, 1.54) is 0 Å². The fraction of sp³-hybridized carbons (Fsp3) is 1.00. The molecule has 0 atom stereocenters. The number of alkyl halides is 3. The van der Waals surface area contributed by atoms with E-state index in [4.69, 9.17) is 0 Å². The molecule has 0 N–H and O–H groups in total. The Kier molecular flexibility index (Phi) is 2.19. The van der Waals surface area contributed by atoms with Gasteiger partial charge in [0.1, 0.15) is 0 Å². The van der Waals surface area contributed by atoms with E-state index in [-0.39, 0.29) is 6.32 Å². The topological polar surface area (TPSA) is 0 Å². The Morgan fingerprint density at radius 2 is 1.71 bits per heavy atom. The smallest absolute Gasteiger partial charge is 0.171 e. The largest absolute Gasteiger partial charge is 0.388 e. The van der Waals surface area contributed by atoms with E-state index in [2.05, 4.69) is 7.85 Å². The van der Waals surface area contributed by atoms with Gasteiger partial charge < -0.3 is 0 Å². The van der Waals surface area contributed by atoms with Gasteiger partial charge in [0.25, 0.3) is 0 Å². The minimum atomic E-state index is -4.07. The molecule has 0 aromatic carbocycles. The van der Waals surface area contributed by atoms with Crippen LogP contribution in [0.15, 0.2) is 0 Å². The Balaban J connectivity index is 3.15. The molecule has 0 saturated carbocycles. The van der Waals surface area contributed by atoms with Crippen molar-refractivity contribution in [2.24, 2.45) is 0 Å². The summed E-state index contributed by atoms with van der Waals surface area (Å²) in [5, 5.41) is 0. The number of hydrogen-bond acceptors (Lipinski definition) is 0. The molecule has 0 nitrogen and oxygen atoms in total. The lowest BCUT2D eigenvalue weighted by atomic mass is 10.0. The van der Waals surface area contributed by atoms with Crippen LogP contribution in [0.1, 0.15) is 6.42 Å². The predicted octanol–water partition coefficient (Wildman–Crippen LogP) is 1.53. The molecular weight excluding hydrogens is 104 g/mol. The second kappa shape index (κ2) is 2.24. The van der Waals surface area contributed by atoms with Crippen LogP contribution in [-0.2, 0) is 0 Å². The van der Waals surface area contributed by atoms with Crippen molar-refractivity contribution < 1.29 is 13.2 Å². The minimum absolute atomic E-state index is 0.316. The Morgan fingerprint density at radius 3 is 1.71 bits per heavy atom. The van der Waals surface area contributed by atoms with Gasteiger partial charge in [-0.25, -0.2) is 0 Å². The van der Waals surface area contributed by atoms with Crippen LogP contribution in [0.5, 0.6) is 0 Å². The fourth-order valence-electron chi connectivity index (χ4n) is 0.164. The van der Waals surface area contributed by atoms with Crippen LogP contribution in [0.3, 0.4) is 0 Å². The monoisotopic (exact) mass is 108 g/mol. The normalized spacial score (nSPS) is 11.9. The van der Waals surface area contributed by atoms with Crippen molar-refractivity contribution in [3.05, 3.63) is 0 Å². The average molecular weight is 108 g/mol. The van der Waals surface area contributed by atoms with E-state index in [1.807, 2.05) is 0 Å². The van der Waals surface area contributed by atoms with E-state index >= 15 is 0 Å². The molecule has 7 heavy (non-hydrogen) atoms. The summed E-state index contributed by atoms with van der Waals surface area (Å²) in [6.45, 7) is 0. The predicted molar refractivity (Wildman–Crippen MR) is 21.2 cm³/mol. The van der Waals surface area contributed by atoms with Gasteiger partial charge in [0.15, 0.2) is 0 Å². The van der Waals surface area contributed by atoms with E-state index in [1.54, 1.807) is 0 Å². The van der Waals surface area contributed by atoms with Crippen LogP contribution in [0.2, 0.25) is 6.32 Å². The molecule has 0 spiro atoms. The number of halogens is 3. The number of rotatable bonds is 1. The molecule has 0 aliphatic rings. The van der Waals surface area contributed by atoms with E-state index in [0.29, 0.717) is 0 Å². The third-order valence-corrected chi connectivity index (χ3v) is 0.428. The van der Waals surface area contributed by atoms with Gasteiger partial charge in [-0.3, -0.25) is 0 Å². The van der Waals surface area contributed by atoms with Gasteiger partial charge in [0.05, 0.1) is 7.85 Å². The molecule has 0 aliphatic carbocycles. The van der Waals surface area contributed by atoms with Crippen LogP contribution in [-0.4, -0.2) is 14.0 Å². The maximum Gasteiger partial charge on any atom is 0.388 e. The first kappa shape index (κ1) is 6.85. The molecule has 0 unspecified atom stereocenters. The molecule has 2 radical (unpaired) electrons. The zero-order valence-corrected chi connectivity index (χ0v) is 3.63. The van der Waals surface area contributed by atoms with Crippen molar-refractivity contribution in [2.45, 2.75) is 18.9 Å². The maximum atomic E-state index is 11.0. The van der Waals surface area contributed by atoms with Crippen LogP contribution < -0.4 is 0 Å². The van der Waals surface area contributed by atoms with Crippen LogP contribution >= 0.6 is 0 Å². The van der Waals surface area contributed by atoms with Gasteiger partial charge in [-0.2, -0.15) is 13.2 Å². The van der Waals surface area contributed by atoms with Crippen molar-refractivity contribution in [2.75, 3.05) is 0 Å². The third-order valence-electron chi connectivity index (χ3n) is 0.428. The molecule has 0 aromatic rings. The molecule has 4 heteroatoms. The zero-order valence-electron chi connectivity index (χ0n) is 3.63. The quantitative estimate of drug-likeness (QED) is 0.446. The molecule has 40 valence electrons. The second-order valence-electron chi connectivity index (χ2n) is 1.15. The van der Waals surface area contributed by atoms with Crippen molar-refractivity contribution in [1.29, 1.82) is 0 Å². The zero-order chi connectivity index (χ0) is 5.91. The number of hydrogen-bond donors (Lipinski definition) is 0. The Bertz CT molecular complexity index is 48.6. The fourth-order valence-corrected chi connectivity index (χ4v) is 0.164. The Morgan fingerprint density at radius 1 is 1.29 bits per heavy atom. The highest BCUT2D eigenvalue weighted by Crippen LogP contribution is 2.20. The lowest BCUT2D eigenvalue weighted by Crippen LogP contribution is -2.05. The van der Waals surface area contributed by atoms with Crippen molar-refractivity contribution in [1.82, 2.24) is 0 Å². The molecule has 0 saturated heterocycles. The van der Waals surface area contributed by atoms with Gasteiger partial charge in [-0.1, -0.05) is 6.32 Å².